The van der Waals surface area contributed by atoms with Crippen LogP contribution in [-0.4, -0.2) is 49.2 Å². The van der Waals surface area contributed by atoms with Gasteiger partial charge in [-0.25, -0.2) is 4.79 Å². The predicted octanol–water partition coefficient (Wildman–Crippen LogP) is 2.93. The molecule has 1 heterocycles. The lowest BCUT2D eigenvalue weighted by molar-refractivity contribution is 0.0963. The highest BCUT2D eigenvalue weighted by Crippen LogP contribution is 2.36. The molecular formula is C20H31IN4O2. The van der Waals surface area contributed by atoms with E-state index in [-0.39, 0.29) is 41.5 Å². The molecule has 27 heavy (non-hydrogen) atoms. The molecule has 1 saturated heterocycles. The Morgan fingerprint density at radius 3 is 2.44 bits per heavy atom. The van der Waals surface area contributed by atoms with Crippen molar-refractivity contribution in [1.29, 1.82) is 0 Å². The largest absolute Gasteiger partial charge is 0.450 e. The quantitative estimate of drug-likeness (QED) is 0.390. The lowest BCUT2D eigenvalue weighted by Crippen LogP contribution is -2.48. The Bertz CT molecular complexity index is 647. The zero-order chi connectivity index (χ0) is 18.6. The van der Waals surface area contributed by atoms with Crippen molar-refractivity contribution in [2.45, 2.75) is 45.6 Å². The molecule has 0 unspecified atom stereocenters. The number of rotatable bonds is 4. The molecule has 1 aliphatic heterocycles. The number of likely N-dealkylation sites (tertiary alicyclic amines) is 1. The zero-order valence-electron chi connectivity index (χ0n) is 16.2. The van der Waals surface area contributed by atoms with E-state index in [1.807, 2.05) is 6.92 Å². The Morgan fingerprint density at radius 1 is 1.30 bits per heavy atom. The molecule has 3 N–H and O–H groups in total. The van der Waals surface area contributed by atoms with Crippen molar-refractivity contribution in [3.05, 3.63) is 35.4 Å². The van der Waals surface area contributed by atoms with Gasteiger partial charge in [0.05, 0.1) is 6.61 Å². The number of carbonyl (C=O) groups is 1. The first-order chi connectivity index (χ1) is 12.5. The number of fused-ring (bicyclic) bond motifs is 1. The van der Waals surface area contributed by atoms with Crippen molar-refractivity contribution >= 4 is 36.0 Å². The molecule has 0 saturated carbocycles. The van der Waals surface area contributed by atoms with Gasteiger partial charge in [-0.05, 0) is 49.1 Å². The van der Waals surface area contributed by atoms with Gasteiger partial charge in [-0.1, -0.05) is 31.2 Å². The summed E-state index contributed by atoms with van der Waals surface area (Å²) in [5.74, 6) is 0.511. The monoisotopic (exact) mass is 486 g/mol. The van der Waals surface area contributed by atoms with E-state index in [0.29, 0.717) is 25.7 Å². The van der Waals surface area contributed by atoms with Gasteiger partial charge in [0.1, 0.15) is 0 Å². The van der Waals surface area contributed by atoms with E-state index in [0.717, 1.165) is 32.2 Å². The van der Waals surface area contributed by atoms with Crippen molar-refractivity contribution in [1.82, 2.24) is 10.2 Å². The third kappa shape index (κ3) is 5.73. The maximum absolute atomic E-state index is 11.7. The second-order valence-corrected chi connectivity index (χ2v) is 7.74. The standard InChI is InChI=1S/C20H30N4O2.HI/c1-3-26-19(25)24-10-8-17(9-11-24)23-18(21)22-14-20(2)12-15-6-4-5-7-16(15)13-20;/h4-7,17H,3,8-14H2,1-2H3,(H3,21,22,23);1H. The summed E-state index contributed by atoms with van der Waals surface area (Å²) in [5, 5.41) is 3.32. The molecule has 2 aliphatic rings. The lowest BCUT2D eigenvalue weighted by atomic mass is 9.87. The molecule has 0 atom stereocenters. The molecule has 1 aromatic carbocycles. The molecular weight excluding hydrogens is 455 g/mol. The summed E-state index contributed by atoms with van der Waals surface area (Å²) in [7, 11) is 0. The smallest absolute Gasteiger partial charge is 0.409 e. The topological polar surface area (TPSA) is 80.0 Å². The number of aliphatic imine (C=N–C) groups is 1. The molecule has 0 radical (unpaired) electrons. The number of nitrogens with two attached hydrogens (primary N) is 1. The Kier molecular flexibility index (Phi) is 7.76. The first kappa shape index (κ1) is 21.8. The summed E-state index contributed by atoms with van der Waals surface area (Å²) >= 11 is 0. The molecule has 1 aromatic rings. The summed E-state index contributed by atoms with van der Waals surface area (Å²) in [6.45, 7) is 6.63. The van der Waals surface area contributed by atoms with E-state index in [9.17, 15) is 4.79 Å². The first-order valence-corrected chi connectivity index (χ1v) is 9.54. The van der Waals surface area contributed by atoms with Gasteiger partial charge in [0.2, 0.25) is 0 Å². The van der Waals surface area contributed by atoms with Crippen LogP contribution in [0.4, 0.5) is 4.79 Å². The van der Waals surface area contributed by atoms with Crippen LogP contribution in [0.15, 0.2) is 29.3 Å². The number of benzene rings is 1. The van der Waals surface area contributed by atoms with E-state index in [1.54, 1.807) is 4.90 Å². The van der Waals surface area contributed by atoms with Crippen molar-refractivity contribution in [2.24, 2.45) is 16.1 Å². The number of piperidine rings is 1. The van der Waals surface area contributed by atoms with Crippen LogP contribution in [0.25, 0.3) is 0 Å². The van der Waals surface area contributed by atoms with E-state index >= 15 is 0 Å². The van der Waals surface area contributed by atoms with Crippen LogP contribution in [0, 0.1) is 5.41 Å². The van der Waals surface area contributed by atoms with Crippen molar-refractivity contribution in [2.75, 3.05) is 26.2 Å². The zero-order valence-corrected chi connectivity index (χ0v) is 18.6. The SMILES string of the molecule is CCOC(=O)N1CCC(NC(N)=NCC2(C)Cc3ccccc3C2)CC1.I. The number of hydrogen-bond donors (Lipinski definition) is 2. The number of nitrogens with zero attached hydrogens (tertiary/aromatic N) is 2. The molecule has 3 rings (SSSR count). The summed E-state index contributed by atoms with van der Waals surface area (Å²) in [6, 6.07) is 8.89. The van der Waals surface area contributed by atoms with Crippen LogP contribution < -0.4 is 11.1 Å². The third-order valence-electron chi connectivity index (χ3n) is 5.36. The minimum atomic E-state index is -0.221. The number of hydrogen-bond acceptors (Lipinski definition) is 3. The van der Waals surface area contributed by atoms with Crippen molar-refractivity contribution in [3.8, 4) is 0 Å². The Labute approximate surface area is 178 Å². The molecule has 1 aliphatic carbocycles. The van der Waals surface area contributed by atoms with Crippen LogP contribution in [0.1, 0.15) is 37.8 Å². The molecule has 0 spiro atoms. The van der Waals surface area contributed by atoms with Gasteiger partial charge < -0.3 is 20.7 Å². The number of halogens is 1. The molecule has 0 aromatic heterocycles. The normalized spacial score (nSPS) is 19.2. The fourth-order valence-electron chi connectivity index (χ4n) is 3.95. The fourth-order valence-corrected chi connectivity index (χ4v) is 3.95. The van der Waals surface area contributed by atoms with E-state index < -0.39 is 0 Å². The fraction of sp³-hybridized carbons (Fsp3) is 0.600. The highest BCUT2D eigenvalue weighted by atomic mass is 127. The number of amides is 1. The number of nitrogens with one attached hydrogen (secondary N) is 1. The molecule has 1 amide bonds. The van der Waals surface area contributed by atoms with Gasteiger partial charge in [-0.3, -0.25) is 4.99 Å². The Morgan fingerprint density at radius 2 is 1.89 bits per heavy atom. The van der Waals surface area contributed by atoms with Gasteiger partial charge in [-0.2, -0.15) is 0 Å². The molecule has 7 heteroatoms. The maximum atomic E-state index is 11.7. The van der Waals surface area contributed by atoms with Crippen LogP contribution in [0.2, 0.25) is 0 Å². The van der Waals surface area contributed by atoms with E-state index in [4.69, 9.17) is 10.5 Å². The highest BCUT2D eigenvalue weighted by molar-refractivity contribution is 14.0. The minimum Gasteiger partial charge on any atom is -0.450 e. The molecule has 6 nitrogen and oxygen atoms in total. The Hall–Kier alpha value is -1.51. The second kappa shape index (κ2) is 9.61. The van der Waals surface area contributed by atoms with Crippen molar-refractivity contribution in [3.63, 3.8) is 0 Å². The van der Waals surface area contributed by atoms with Gasteiger partial charge in [0.15, 0.2) is 5.96 Å². The van der Waals surface area contributed by atoms with E-state index in [2.05, 4.69) is 41.5 Å². The average Bonchev–Trinajstić information content (AvgIpc) is 2.97. The minimum absolute atomic E-state index is 0. The summed E-state index contributed by atoms with van der Waals surface area (Å²) in [6.07, 6.45) is 3.60. The number of guanidine groups is 1. The van der Waals surface area contributed by atoms with Crippen LogP contribution in [0.5, 0.6) is 0 Å². The second-order valence-electron chi connectivity index (χ2n) is 7.74. The van der Waals surface area contributed by atoms with Gasteiger partial charge in [0, 0.05) is 25.7 Å². The van der Waals surface area contributed by atoms with Crippen LogP contribution in [0.3, 0.4) is 0 Å². The van der Waals surface area contributed by atoms with Crippen molar-refractivity contribution < 1.29 is 9.53 Å². The summed E-state index contributed by atoms with van der Waals surface area (Å²) in [4.78, 5) is 18.1. The van der Waals surface area contributed by atoms with E-state index in [1.165, 1.54) is 11.1 Å². The summed E-state index contributed by atoms with van der Waals surface area (Å²) in [5.41, 5.74) is 9.13. The molecule has 1 fully saturated rings. The van der Waals surface area contributed by atoms with Gasteiger partial charge in [0.25, 0.3) is 0 Å². The van der Waals surface area contributed by atoms with Gasteiger partial charge >= 0.3 is 6.09 Å². The third-order valence-corrected chi connectivity index (χ3v) is 5.36. The van der Waals surface area contributed by atoms with Gasteiger partial charge in [-0.15, -0.1) is 24.0 Å². The predicted molar refractivity (Wildman–Crippen MR) is 119 cm³/mol. The van der Waals surface area contributed by atoms with Crippen LogP contribution >= 0.6 is 24.0 Å². The molecule has 150 valence electrons. The van der Waals surface area contributed by atoms with Crippen LogP contribution in [-0.2, 0) is 17.6 Å². The lowest BCUT2D eigenvalue weighted by Gasteiger charge is -2.32. The first-order valence-electron chi connectivity index (χ1n) is 9.54. The summed E-state index contributed by atoms with van der Waals surface area (Å²) < 4.78 is 5.05. The highest BCUT2D eigenvalue weighted by Gasteiger charge is 2.32. The number of carbonyl (C=O) groups excluding carboxylic acids is 1. The molecule has 0 bridgehead atoms. The number of ether oxygens (including phenoxy) is 1. The average molecular weight is 486 g/mol. The maximum Gasteiger partial charge on any atom is 0.409 e. The Balaban J connectivity index is 0.00000261.